The fourth-order valence-corrected chi connectivity index (χ4v) is 3.67. The zero-order valence-corrected chi connectivity index (χ0v) is 17.7. The van der Waals surface area contributed by atoms with Gasteiger partial charge in [0, 0.05) is 36.1 Å². The number of methoxy groups -OCH3 is 1. The molecule has 1 fully saturated rings. The molecule has 0 spiro atoms. The van der Waals surface area contributed by atoms with Gasteiger partial charge in [-0.25, -0.2) is 4.79 Å². The number of anilines is 3. The molecule has 0 bridgehead atoms. The molecule has 0 unspecified atom stereocenters. The minimum Gasteiger partial charge on any atom is -0.497 e. The van der Waals surface area contributed by atoms with Crippen molar-refractivity contribution in [2.75, 3.05) is 35.7 Å². The zero-order chi connectivity index (χ0) is 21.5. The van der Waals surface area contributed by atoms with Crippen molar-refractivity contribution in [3.05, 3.63) is 60.7 Å². The Bertz CT molecular complexity index is 997. The lowest BCUT2D eigenvalue weighted by Crippen LogP contribution is -2.25. The molecule has 2 heterocycles. The van der Waals surface area contributed by atoms with Crippen LogP contribution < -0.4 is 20.3 Å². The molecule has 7 nitrogen and oxygen atoms in total. The van der Waals surface area contributed by atoms with Crippen LogP contribution in [0.15, 0.2) is 60.7 Å². The summed E-state index contributed by atoms with van der Waals surface area (Å²) in [7, 11) is 1.59. The number of aromatic nitrogens is 2. The van der Waals surface area contributed by atoms with Crippen molar-refractivity contribution in [2.45, 2.75) is 25.7 Å². The number of carbonyl (C=O) groups is 1. The minimum atomic E-state index is -0.317. The van der Waals surface area contributed by atoms with Gasteiger partial charge in [-0.05, 0) is 49.2 Å². The molecule has 4 rings (SSSR count). The maximum Gasteiger partial charge on any atom is 0.323 e. The first kappa shape index (κ1) is 20.7. The summed E-state index contributed by atoms with van der Waals surface area (Å²) in [4.78, 5) is 14.6. The van der Waals surface area contributed by atoms with E-state index < -0.39 is 0 Å². The first-order valence-corrected chi connectivity index (χ1v) is 10.6. The Labute approximate surface area is 182 Å². The largest absolute Gasteiger partial charge is 0.497 e. The van der Waals surface area contributed by atoms with E-state index in [1.54, 1.807) is 19.2 Å². The van der Waals surface area contributed by atoms with Gasteiger partial charge in [0.15, 0.2) is 5.82 Å². The number of nitrogens with zero attached hydrogens (tertiary/aromatic N) is 3. The van der Waals surface area contributed by atoms with E-state index in [9.17, 15) is 4.79 Å². The lowest BCUT2D eigenvalue weighted by molar-refractivity contribution is 0.262. The van der Waals surface area contributed by atoms with Gasteiger partial charge in [-0.15, -0.1) is 10.2 Å². The number of hydrogen-bond acceptors (Lipinski definition) is 5. The molecule has 1 aliphatic rings. The second-order valence-corrected chi connectivity index (χ2v) is 7.57. The fourth-order valence-electron chi connectivity index (χ4n) is 3.67. The van der Waals surface area contributed by atoms with Gasteiger partial charge in [0.2, 0.25) is 0 Å². The van der Waals surface area contributed by atoms with Crippen LogP contribution in [0.2, 0.25) is 0 Å². The van der Waals surface area contributed by atoms with Crippen LogP contribution in [0.3, 0.4) is 0 Å². The highest BCUT2D eigenvalue weighted by molar-refractivity contribution is 5.99. The maximum absolute atomic E-state index is 12.3. The van der Waals surface area contributed by atoms with E-state index in [0.717, 1.165) is 30.2 Å². The van der Waals surface area contributed by atoms with Gasteiger partial charge in [-0.3, -0.25) is 0 Å². The predicted octanol–water partition coefficient (Wildman–Crippen LogP) is 5.18. The molecule has 7 heteroatoms. The van der Waals surface area contributed by atoms with Crippen LogP contribution in [-0.2, 0) is 0 Å². The zero-order valence-electron chi connectivity index (χ0n) is 17.7. The van der Waals surface area contributed by atoms with Crippen molar-refractivity contribution in [1.82, 2.24) is 10.2 Å². The third-order valence-corrected chi connectivity index (χ3v) is 5.35. The standard InChI is InChI=1S/C24H27N5O2/c1-31-21-8-6-7-20(17-21)26-24(30)25-19-11-9-18(10-12-19)22-13-14-23(28-27-22)29-15-4-2-3-5-16-29/h6-14,17H,2-5,15-16H2,1H3,(H2,25,26,30). The minimum absolute atomic E-state index is 0.317. The van der Waals surface area contributed by atoms with E-state index in [-0.39, 0.29) is 6.03 Å². The summed E-state index contributed by atoms with van der Waals surface area (Å²) in [5.41, 5.74) is 3.12. The highest BCUT2D eigenvalue weighted by Crippen LogP contribution is 2.23. The highest BCUT2D eigenvalue weighted by atomic mass is 16.5. The van der Waals surface area contributed by atoms with Crippen LogP contribution in [0.25, 0.3) is 11.3 Å². The summed E-state index contributed by atoms with van der Waals surface area (Å²) in [5.74, 6) is 1.63. The summed E-state index contributed by atoms with van der Waals surface area (Å²) in [6.07, 6.45) is 5.01. The smallest absolute Gasteiger partial charge is 0.323 e. The molecule has 1 aromatic heterocycles. The van der Waals surface area contributed by atoms with E-state index in [1.807, 2.05) is 48.5 Å². The van der Waals surface area contributed by atoms with Crippen LogP contribution in [0.4, 0.5) is 22.0 Å². The molecule has 0 atom stereocenters. The van der Waals surface area contributed by atoms with E-state index in [2.05, 4.69) is 25.7 Å². The number of nitrogens with one attached hydrogen (secondary N) is 2. The number of urea groups is 1. The van der Waals surface area contributed by atoms with Gasteiger partial charge < -0.3 is 20.3 Å². The van der Waals surface area contributed by atoms with Crippen LogP contribution >= 0.6 is 0 Å². The van der Waals surface area contributed by atoms with E-state index >= 15 is 0 Å². The highest BCUT2D eigenvalue weighted by Gasteiger charge is 2.12. The summed E-state index contributed by atoms with van der Waals surface area (Å²) in [5, 5.41) is 14.5. The monoisotopic (exact) mass is 417 g/mol. The van der Waals surface area contributed by atoms with Gasteiger partial charge in [0.05, 0.1) is 12.8 Å². The van der Waals surface area contributed by atoms with Crippen LogP contribution in [0.1, 0.15) is 25.7 Å². The lowest BCUT2D eigenvalue weighted by Gasteiger charge is -2.20. The summed E-state index contributed by atoms with van der Waals surface area (Å²) < 4.78 is 5.17. The maximum atomic E-state index is 12.3. The summed E-state index contributed by atoms with van der Waals surface area (Å²) in [6.45, 7) is 2.10. The van der Waals surface area contributed by atoms with E-state index in [0.29, 0.717) is 17.1 Å². The molecule has 0 saturated carbocycles. The SMILES string of the molecule is COc1cccc(NC(=O)Nc2ccc(-c3ccc(N4CCCCCC4)nn3)cc2)c1. The molecule has 160 valence electrons. The molecule has 2 amide bonds. The average Bonchev–Trinajstić information content (AvgIpc) is 3.09. The molecule has 1 aliphatic heterocycles. The molecule has 2 N–H and O–H groups in total. The molecule has 2 aromatic carbocycles. The van der Waals surface area contributed by atoms with Crippen LogP contribution in [-0.4, -0.2) is 36.4 Å². The number of rotatable bonds is 5. The lowest BCUT2D eigenvalue weighted by atomic mass is 10.1. The quantitative estimate of drug-likeness (QED) is 0.598. The normalized spacial score (nSPS) is 13.9. The molecular weight excluding hydrogens is 390 g/mol. The first-order valence-electron chi connectivity index (χ1n) is 10.6. The third-order valence-electron chi connectivity index (χ3n) is 5.35. The second-order valence-electron chi connectivity index (χ2n) is 7.57. The number of hydrogen-bond donors (Lipinski definition) is 2. The van der Waals surface area contributed by atoms with Gasteiger partial charge in [-0.1, -0.05) is 31.0 Å². The van der Waals surface area contributed by atoms with Gasteiger partial charge in [0.1, 0.15) is 5.75 Å². The van der Waals surface area contributed by atoms with Gasteiger partial charge in [0.25, 0.3) is 0 Å². The third kappa shape index (κ3) is 5.51. The van der Waals surface area contributed by atoms with Crippen LogP contribution in [0, 0.1) is 0 Å². The average molecular weight is 418 g/mol. The van der Waals surface area contributed by atoms with Crippen molar-refractivity contribution in [3.63, 3.8) is 0 Å². The molecule has 0 aliphatic carbocycles. The Hall–Kier alpha value is -3.61. The molecular formula is C24H27N5O2. The summed E-state index contributed by atoms with van der Waals surface area (Å²) >= 11 is 0. The van der Waals surface area contributed by atoms with E-state index in [4.69, 9.17) is 4.74 Å². The Morgan fingerprint density at radius 3 is 2.29 bits per heavy atom. The van der Waals surface area contributed by atoms with Crippen molar-refractivity contribution >= 4 is 23.2 Å². The molecule has 3 aromatic rings. The molecule has 1 saturated heterocycles. The number of carbonyl (C=O) groups excluding carboxylic acids is 1. The summed E-state index contributed by atoms with van der Waals surface area (Å²) in [6, 6.07) is 18.5. The van der Waals surface area contributed by atoms with Crippen molar-refractivity contribution in [2.24, 2.45) is 0 Å². The topological polar surface area (TPSA) is 79.4 Å². The molecule has 31 heavy (non-hydrogen) atoms. The van der Waals surface area contributed by atoms with Gasteiger partial charge >= 0.3 is 6.03 Å². The van der Waals surface area contributed by atoms with Crippen molar-refractivity contribution < 1.29 is 9.53 Å². The predicted molar refractivity (Wildman–Crippen MR) is 124 cm³/mol. The Morgan fingerprint density at radius 1 is 0.871 bits per heavy atom. The molecule has 0 radical (unpaired) electrons. The Kier molecular flexibility index (Phi) is 6.62. The fraction of sp³-hybridized carbons (Fsp3) is 0.292. The number of benzene rings is 2. The first-order chi connectivity index (χ1) is 15.2. The van der Waals surface area contributed by atoms with Crippen molar-refractivity contribution in [1.29, 1.82) is 0 Å². The number of amides is 2. The Morgan fingerprint density at radius 2 is 1.61 bits per heavy atom. The Balaban J connectivity index is 1.36. The van der Waals surface area contributed by atoms with E-state index in [1.165, 1.54) is 25.7 Å². The van der Waals surface area contributed by atoms with Crippen LogP contribution in [0.5, 0.6) is 5.75 Å². The van der Waals surface area contributed by atoms with Gasteiger partial charge in [-0.2, -0.15) is 0 Å². The van der Waals surface area contributed by atoms with Crippen molar-refractivity contribution in [3.8, 4) is 17.0 Å². The second kappa shape index (κ2) is 9.93. The number of ether oxygens (including phenoxy) is 1.